The maximum absolute atomic E-state index is 13.5. The van der Waals surface area contributed by atoms with Crippen molar-refractivity contribution in [1.29, 1.82) is 0 Å². The van der Waals surface area contributed by atoms with E-state index in [0.29, 0.717) is 68.8 Å². The summed E-state index contributed by atoms with van der Waals surface area (Å²) < 4.78 is 8.32. The number of rotatable bonds is 5. The van der Waals surface area contributed by atoms with Gasteiger partial charge >= 0.3 is 0 Å². The molecule has 6 rings (SSSR count). The molecule has 0 aromatic carbocycles. The highest BCUT2D eigenvalue weighted by Gasteiger charge is 2.31. The first-order valence-electron chi connectivity index (χ1n) is 12.2. The van der Waals surface area contributed by atoms with Gasteiger partial charge in [0.05, 0.1) is 24.9 Å². The Kier molecular flexibility index (Phi) is 5.32. The Balaban J connectivity index is 1.24. The fourth-order valence-electron chi connectivity index (χ4n) is 4.85. The first kappa shape index (κ1) is 21.8. The molecular formula is C23H28N8O4. The fraction of sp³-hybridized carbons (Fsp3) is 0.522. The zero-order valence-electron chi connectivity index (χ0n) is 19.6. The molecule has 0 unspecified atom stereocenters. The molecule has 5 heterocycles. The van der Waals surface area contributed by atoms with E-state index in [2.05, 4.69) is 20.2 Å². The van der Waals surface area contributed by atoms with Crippen molar-refractivity contribution >= 4 is 22.9 Å². The first-order valence-corrected chi connectivity index (χ1v) is 12.2. The number of hydrogen-bond acceptors (Lipinski definition) is 7. The molecule has 2 fully saturated rings. The van der Waals surface area contributed by atoms with E-state index in [9.17, 15) is 14.4 Å². The molecule has 3 aromatic heterocycles. The summed E-state index contributed by atoms with van der Waals surface area (Å²) in [5.74, 6) is 0.719. The van der Waals surface area contributed by atoms with Crippen LogP contribution in [0.25, 0.3) is 11.4 Å². The molecule has 12 nitrogen and oxygen atoms in total. The zero-order chi connectivity index (χ0) is 24.1. The van der Waals surface area contributed by atoms with Crippen LogP contribution in [0.15, 0.2) is 21.9 Å². The summed E-state index contributed by atoms with van der Waals surface area (Å²) in [7, 11) is 0. The van der Waals surface area contributed by atoms with E-state index in [1.54, 1.807) is 9.58 Å². The Labute approximate surface area is 200 Å². The molecule has 1 saturated heterocycles. The fourth-order valence-corrected chi connectivity index (χ4v) is 4.85. The Bertz CT molecular complexity index is 1430. The quantitative estimate of drug-likeness (QED) is 0.545. The summed E-state index contributed by atoms with van der Waals surface area (Å²) in [5.41, 5.74) is 1.96. The maximum Gasteiger partial charge on any atom is 0.297 e. The third-order valence-corrected chi connectivity index (χ3v) is 6.97. The van der Waals surface area contributed by atoms with E-state index in [0.717, 1.165) is 24.8 Å². The van der Waals surface area contributed by atoms with Crippen molar-refractivity contribution in [2.24, 2.45) is 0 Å². The Morgan fingerprint density at radius 1 is 1.14 bits per heavy atom. The summed E-state index contributed by atoms with van der Waals surface area (Å²) in [6.45, 7) is 4.90. The molecule has 0 atom stereocenters. The van der Waals surface area contributed by atoms with Crippen LogP contribution in [0.4, 0.5) is 5.69 Å². The highest BCUT2D eigenvalue weighted by molar-refractivity contribution is 5.93. The van der Waals surface area contributed by atoms with Crippen LogP contribution >= 0.6 is 0 Å². The van der Waals surface area contributed by atoms with E-state index in [4.69, 9.17) is 4.74 Å². The SMILES string of the molecule is CCc1nc2nc(C3=CCOCC3)[nH]n2c(=O)c1N1CCN(C(=O)c2c[nH]n(C3CC3)c2=O)CC1. The number of aryl methyl sites for hydroxylation is 1. The number of fused-ring (bicyclic) bond motifs is 1. The third kappa shape index (κ3) is 3.77. The van der Waals surface area contributed by atoms with Crippen molar-refractivity contribution in [3.8, 4) is 0 Å². The van der Waals surface area contributed by atoms with Crippen molar-refractivity contribution in [3.63, 3.8) is 0 Å². The number of piperazine rings is 1. The van der Waals surface area contributed by atoms with Crippen LogP contribution in [0, 0.1) is 0 Å². The Morgan fingerprint density at radius 3 is 2.63 bits per heavy atom. The molecule has 0 bridgehead atoms. The molecule has 2 aliphatic heterocycles. The number of anilines is 1. The molecule has 3 aromatic rings. The molecular weight excluding hydrogens is 452 g/mol. The Hall–Kier alpha value is -3.67. The van der Waals surface area contributed by atoms with Gasteiger partial charge in [0.15, 0.2) is 5.82 Å². The van der Waals surface area contributed by atoms with Crippen LogP contribution in [0.3, 0.4) is 0 Å². The Morgan fingerprint density at radius 2 is 1.94 bits per heavy atom. The van der Waals surface area contributed by atoms with Crippen LogP contribution in [-0.2, 0) is 11.2 Å². The number of aromatic nitrogens is 6. The minimum absolute atomic E-state index is 0.176. The summed E-state index contributed by atoms with van der Waals surface area (Å²) in [4.78, 5) is 52.0. The molecule has 0 radical (unpaired) electrons. The second-order valence-corrected chi connectivity index (χ2v) is 9.20. The lowest BCUT2D eigenvalue weighted by atomic mass is 10.1. The molecule has 12 heteroatoms. The second kappa shape index (κ2) is 8.52. The average Bonchev–Trinajstić information content (AvgIpc) is 3.52. The lowest BCUT2D eigenvalue weighted by Crippen LogP contribution is -2.51. The summed E-state index contributed by atoms with van der Waals surface area (Å²) >= 11 is 0. The number of hydrogen-bond donors (Lipinski definition) is 2. The first-order chi connectivity index (χ1) is 17.0. The molecule has 184 valence electrons. The smallest absolute Gasteiger partial charge is 0.297 e. The molecule has 1 amide bonds. The number of nitrogens with zero attached hydrogens (tertiary/aromatic N) is 6. The lowest BCUT2D eigenvalue weighted by molar-refractivity contribution is 0.0745. The number of carbonyl (C=O) groups is 1. The molecule has 3 aliphatic rings. The minimum Gasteiger partial charge on any atom is -0.377 e. The zero-order valence-corrected chi connectivity index (χ0v) is 19.6. The molecule has 35 heavy (non-hydrogen) atoms. The number of carbonyl (C=O) groups excluding carboxylic acids is 1. The van der Waals surface area contributed by atoms with Gasteiger partial charge in [-0.2, -0.15) is 9.50 Å². The van der Waals surface area contributed by atoms with Gasteiger partial charge in [0.2, 0.25) is 0 Å². The predicted octanol–water partition coefficient (Wildman–Crippen LogP) is 0.571. The van der Waals surface area contributed by atoms with E-state index >= 15 is 0 Å². The third-order valence-electron chi connectivity index (χ3n) is 6.97. The number of nitrogens with one attached hydrogen (secondary N) is 2. The van der Waals surface area contributed by atoms with Gasteiger partial charge in [-0.15, -0.1) is 0 Å². The van der Waals surface area contributed by atoms with E-state index in [-0.39, 0.29) is 28.6 Å². The van der Waals surface area contributed by atoms with Gasteiger partial charge in [0.25, 0.3) is 22.8 Å². The van der Waals surface area contributed by atoms with Gasteiger partial charge in [0.1, 0.15) is 11.3 Å². The summed E-state index contributed by atoms with van der Waals surface area (Å²) in [5, 5.41) is 6.04. The standard InChI is InChI=1S/C23H28N8O4/c1-2-17-18(22(34)31-23(25-17)26-19(27-31)14-5-11-35-12-6-14)28-7-9-29(10-8-28)20(32)16-13-24-30(21(16)33)15-3-4-15/h5,13,15,24H,2-4,6-12H2,1H3,(H,25,26,27). The average molecular weight is 481 g/mol. The van der Waals surface area contributed by atoms with Gasteiger partial charge in [-0.25, -0.2) is 9.67 Å². The van der Waals surface area contributed by atoms with Gasteiger partial charge in [-0.3, -0.25) is 19.5 Å². The molecule has 0 spiro atoms. The number of aromatic amines is 2. The normalized spacial score (nSPS) is 18.8. The van der Waals surface area contributed by atoms with Gasteiger partial charge in [-0.1, -0.05) is 13.0 Å². The van der Waals surface area contributed by atoms with Crippen molar-refractivity contribution in [1.82, 2.24) is 34.3 Å². The van der Waals surface area contributed by atoms with E-state index in [1.165, 1.54) is 10.7 Å². The van der Waals surface area contributed by atoms with Crippen molar-refractivity contribution in [2.75, 3.05) is 44.3 Å². The van der Waals surface area contributed by atoms with Crippen LogP contribution in [0.5, 0.6) is 0 Å². The van der Waals surface area contributed by atoms with Gasteiger partial charge in [-0.05, 0) is 31.3 Å². The highest BCUT2D eigenvalue weighted by atomic mass is 16.5. The monoisotopic (exact) mass is 480 g/mol. The molecule has 1 saturated carbocycles. The van der Waals surface area contributed by atoms with Crippen LogP contribution in [-0.4, -0.2) is 79.6 Å². The van der Waals surface area contributed by atoms with Crippen LogP contribution in [0.2, 0.25) is 0 Å². The van der Waals surface area contributed by atoms with Gasteiger partial charge < -0.3 is 19.6 Å². The van der Waals surface area contributed by atoms with Gasteiger partial charge in [0, 0.05) is 32.4 Å². The topological polar surface area (TPSA) is 134 Å². The number of H-pyrrole nitrogens is 2. The minimum atomic E-state index is -0.269. The lowest BCUT2D eigenvalue weighted by Gasteiger charge is -2.35. The summed E-state index contributed by atoms with van der Waals surface area (Å²) in [6, 6.07) is 0.189. The largest absolute Gasteiger partial charge is 0.377 e. The van der Waals surface area contributed by atoms with E-state index < -0.39 is 0 Å². The van der Waals surface area contributed by atoms with Crippen molar-refractivity contribution in [3.05, 3.63) is 50.1 Å². The molecule has 1 aliphatic carbocycles. The van der Waals surface area contributed by atoms with E-state index in [1.807, 2.05) is 17.9 Å². The van der Waals surface area contributed by atoms with Crippen molar-refractivity contribution < 1.29 is 9.53 Å². The number of amides is 1. The van der Waals surface area contributed by atoms with Crippen LogP contribution < -0.4 is 16.0 Å². The molecule has 2 N–H and O–H groups in total. The predicted molar refractivity (Wildman–Crippen MR) is 128 cm³/mol. The second-order valence-electron chi connectivity index (χ2n) is 9.20. The maximum atomic E-state index is 13.5. The van der Waals surface area contributed by atoms with Crippen molar-refractivity contribution in [2.45, 2.75) is 38.6 Å². The summed E-state index contributed by atoms with van der Waals surface area (Å²) in [6.07, 6.45) is 6.72. The number of ether oxygens (including phenoxy) is 1. The highest BCUT2D eigenvalue weighted by Crippen LogP contribution is 2.32. The van der Waals surface area contributed by atoms with Crippen LogP contribution in [0.1, 0.15) is 54.1 Å².